The van der Waals surface area contributed by atoms with E-state index in [0.29, 0.717) is 45.1 Å². The van der Waals surface area contributed by atoms with Gasteiger partial charge in [0, 0.05) is 63.0 Å². The van der Waals surface area contributed by atoms with Crippen LogP contribution in [0.2, 0.25) is 0 Å². The van der Waals surface area contributed by atoms with Gasteiger partial charge in [-0.2, -0.15) is 4.31 Å². The monoisotopic (exact) mass is 494 g/mol. The minimum absolute atomic E-state index is 0.0149. The normalized spacial score (nSPS) is 18.2. The molecule has 182 valence electrons. The number of nitro benzene ring substituents is 1. The van der Waals surface area contributed by atoms with Crippen molar-refractivity contribution in [3.8, 4) is 0 Å². The summed E-state index contributed by atoms with van der Waals surface area (Å²) in [4.78, 5) is 27.0. The van der Waals surface area contributed by atoms with E-state index in [9.17, 15) is 32.1 Å². The third-order valence-corrected chi connectivity index (χ3v) is 8.22. The fourth-order valence-electron chi connectivity index (χ4n) is 4.38. The van der Waals surface area contributed by atoms with Crippen LogP contribution in [-0.4, -0.2) is 67.7 Å². The van der Waals surface area contributed by atoms with Crippen LogP contribution in [-0.2, 0) is 14.8 Å². The SMILES string of the molecule is O=C(C1CCN(S(=O)(=O)c2ccc(F)c(F)c2)CC1)N1CCN(c2cccc([N+](=O)[O-])c2)CC1. The van der Waals surface area contributed by atoms with Gasteiger partial charge in [0.2, 0.25) is 15.9 Å². The molecule has 0 spiro atoms. The van der Waals surface area contributed by atoms with Gasteiger partial charge in [0.05, 0.1) is 9.82 Å². The molecule has 0 atom stereocenters. The van der Waals surface area contributed by atoms with Crippen LogP contribution in [0.25, 0.3) is 0 Å². The first-order chi connectivity index (χ1) is 16.2. The van der Waals surface area contributed by atoms with Crippen molar-refractivity contribution in [1.82, 2.24) is 9.21 Å². The van der Waals surface area contributed by atoms with Crippen LogP contribution >= 0.6 is 0 Å². The number of benzene rings is 2. The fraction of sp³-hybridized carbons (Fsp3) is 0.409. The standard InChI is InChI=1S/C22H24F2N4O5S/c23-20-5-4-19(15-21(20)24)34(32,33)27-8-6-16(7-9-27)22(29)26-12-10-25(11-13-26)17-2-1-3-18(14-17)28(30)31/h1-5,14-16H,6-13H2. The summed E-state index contributed by atoms with van der Waals surface area (Å²) in [6.07, 6.45) is 0.680. The molecule has 0 aromatic heterocycles. The van der Waals surface area contributed by atoms with E-state index in [1.165, 1.54) is 16.4 Å². The summed E-state index contributed by atoms with van der Waals surface area (Å²) in [7, 11) is -3.98. The number of nitro groups is 1. The number of piperidine rings is 1. The second kappa shape index (κ2) is 9.63. The summed E-state index contributed by atoms with van der Waals surface area (Å²) < 4.78 is 53.4. The van der Waals surface area contributed by atoms with E-state index < -0.39 is 26.6 Å². The Kier molecular flexibility index (Phi) is 6.80. The zero-order valence-electron chi connectivity index (χ0n) is 18.3. The molecule has 0 bridgehead atoms. The average molecular weight is 495 g/mol. The van der Waals surface area contributed by atoms with E-state index in [-0.39, 0.29) is 35.5 Å². The van der Waals surface area contributed by atoms with Crippen LogP contribution in [0.3, 0.4) is 0 Å². The van der Waals surface area contributed by atoms with Gasteiger partial charge in [-0.3, -0.25) is 14.9 Å². The number of hydrogen-bond donors (Lipinski definition) is 0. The lowest BCUT2D eigenvalue weighted by atomic mass is 9.96. The van der Waals surface area contributed by atoms with Gasteiger partial charge in [-0.05, 0) is 37.1 Å². The number of carbonyl (C=O) groups excluding carboxylic acids is 1. The Balaban J connectivity index is 1.32. The van der Waals surface area contributed by atoms with Gasteiger partial charge in [0.15, 0.2) is 11.6 Å². The molecule has 0 saturated carbocycles. The Bertz CT molecular complexity index is 1190. The first kappa shape index (κ1) is 24.0. The first-order valence-corrected chi connectivity index (χ1v) is 12.3. The summed E-state index contributed by atoms with van der Waals surface area (Å²) in [5.41, 5.74) is 0.748. The van der Waals surface area contributed by atoms with Crippen molar-refractivity contribution < 1.29 is 26.9 Å². The molecule has 2 aromatic rings. The molecule has 2 saturated heterocycles. The number of anilines is 1. The second-order valence-corrected chi connectivity index (χ2v) is 10.3. The molecule has 2 fully saturated rings. The third-order valence-electron chi connectivity index (χ3n) is 6.33. The highest BCUT2D eigenvalue weighted by molar-refractivity contribution is 7.89. The molecule has 2 heterocycles. The predicted octanol–water partition coefficient (Wildman–Crippen LogP) is 2.62. The predicted molar refractivity (Wildman–Crippen MR) is 120 cm³/mol. The molecular formula is C22H24F2N4O5S. The number of amides is 1. The summed E-state index contributed by atoms with van der Waals surface area (Å²) in [6, 6.07) is 8.87. The third kappa shape index (κ3) is 4.87. The van der Waals surface area contributed by atoms with E-state index >= 15 is 0 Å². The van der Waals surface area contributed by atoms with Gasteiger partial charge in [0.1, 0.15) is 0 Å². The molecule has 4 rings (SSSR count). The smallest absolute Gasteiger partial charge is 0.271 e. The number of piperazine rings is 1. The molecule has 34 heavy (non-hydrogen) atoms. The zero-order valence-corrected chi connectivity index (χ0v) is 19.1. The Morgan fingerprint density at radius 2 is 1.62 bits per heavy atom. The van der Waals surface area contributed by atoms with E-state index in [2.05, 4.69) is 0 Å². The number of non-ortho nitro benzene ring substituents is 1. The highest BCUT2D eigenvalue weighted by atomic mass is 32.2. The molecule has 2 aromatic carbocycles. The van der Waals surface area contributed by atoms with Crippen LogP contribution < -0.4 is 4.90 Å². The van der Waals surface area contributed by atoms with Crippen LogP contribution in [0, 0.1) is 27.7 Å². The molecule has 0 radical (unpaired) electrons. The van der Waals surface area contributed by atoms with Crippen LogP contribution in [0.1, 0.15) is 12.8 Å². The average Bonchev–Trinajstić information content (AvgIpc) is 2.85. The number of carbonyl (C=O) groups is 1. The first-order valence-electron chi connectivity index (χ1n) is 10.9. The largest absolute Gasteiger partial charge is 0.368 e. The summed E-state index contributed by atoms with van der Waals surface area (Å²) in [5, 5.41) is 11.0. The van der Waals surface area contributed by atoms with Gasteiger partial charge in [-0.25, -0.2) is 17.2 Å². The summed E-state index contributed by atoms with van der Waals surface area (Å²) in [5.74, 6) is -2.70. The highest BCUT2D eigenvalue weighted by Crippen LogP contribution is 2.27. The lowest BCUT2D eigenvalue weighted by Crippen LogP contribution is -2.52. The Labute approximate surface area is 195 Å². The van der Waals surface area contributed by atoms with Crippen molar-refractivity contribution in [3.63, 3.8) is 0 Å². The van der Waals surface area contributed by atoms with Gasteiger partial charge in [-0.1, -0.05) is 6.07 Å². The molecule has 12 heteroatoms. The number of halogens is 2. The summed E-state index contributed by atoms with van der Waals surface area (Å²) >= 11 is 0. The molecule has 1 amide bonds. The van der Waals surface area contributed by atoms with Crippen LogP contribution in [0.4, 0.5) is 20.2 Å². The highest BCUT2D eigenvalue weighted by Gasteiger charge is 2.35. The topological polar surface area (TPSA) is 104 Å². The van der Waals surface area contributed by atoms with Crippen molar-refractivity contribution in [2.24, 2.45) is 5.92 Å². The van der Waals surface area contributed by atoms with Gasteiger partial charge < -0.3 is 9.80 Å². The number of hydrogen-bond acceptors (Lipinski definition) is 6. The molecule has 0 N–H and O–H groups in total. The van der Waals surface area contributed by atoms with Crippen LogP contribution in [0.5, 0.6) is 0 Å². The zero-order chi connectivity index (χ0) is 24.5. The molecule has 2 aliphatic heterocycles. The van der Waals surface area contributed by atoms with Crippen molar-refractivity contribution in [2.75, 3.05) is 44.2 Å². The number of nitrogens with zero attached hydrogens (tertiary/aromatic N) is 4. The molecule has 0 unspecified atom stereocenters. The van der Waals surface area contributed by atoms with Crippen molar-refractivity contribution in [1.29, 1.82) is 0 Å². The lowest BCUT2D eigenvalue weighted by Gasteiger charge is -2.39. The van der Waals surface area contributed by atoms with Gasteiger partial charge in [-0.15, -0.1) is 0 Å². The minimum atomic E-state index is -3.98. The van der Waals surface area contributed by atoms with E-state index in [1.807, 2.05) is 4.90 Å². The Morgan fingerprint density at radius 1 is 0.941 bits per heavy atom. The van der Waals surface area contributed by atoms with E-state index in [1.54, 1.807) is 17.0 Å². The molecule has 2 aliphatic rings. The maximum atomic E-state index is 13.5. The number of rotatable bonds is 5. The maximum absolute atomic E-state index is 13.5. The maximum Gasteiger partial charge on any atom is 0.271 e. The van der Waals surface area contributed by atoms with Crippen molar-refractivity contribution >= 4 is 27.3 Å². The van der Waals surface area contributed by atoms with Gasteiger partial charge >= 0.3 is 0 Å². The Hall–Kier alpha value is -3.12. The second-order valence-electron chi connectivity index (χ2n) is 8.34. The van der Waals surface area contributed by atoms with Crippen molar-refractivity contribution in [2.45, 2.75) is 17.7 Å². The molecule has 0 aliphatic carbocycles. The van der Waals surface area contributed by atoms with E-state index in [4.69, 9.17) is 0 Å². The van der Waals surface area contributed by atoms with E-state index in [0.717, 1.165) is 17.8 Å². The molecular weight excluding hydrogens is 470 g/mol. The quantitative estimate of drug-likeness (QED) is 0.468. The van der Waals surface area contributed by atoms with Crippen molar-refractivity contribution in [3.05, 3.63) is 64.2 Å². The minimum Gasteiger partial charge on any atom is -0.368 e. The fourth-order valence-corrected chi connectivity index (χ4v) is 5.86. The lowest BCUT2D eigenvalue weighted by molar-refractivity contribution is -0.384. The molecule has 9 nitrogen and oxygen atoms in total. The van der Waals surface area contributed by atoms with Gasteiger partial charge in [0.25, 0.3) is 5.69 Å². The van der Waals surface area contributed by atoms with Crippen LogP contribution in [0.15, 0.2) is 47.4 Å². The Morgan fingerprint density at radius 3 is 2.24 bits per heavy atom. The summed E-state index contributed by atoms with van der Waals surface area (Å²) in [6.45, 7) is 2.24. The number of sulfonamides is 1.